The number of carbonyl (C=O) groups is 1. The molecule has 0 aliphatic carbocycles. The molecular formula is C12H20BN2O8P+. The number of carboxylic acid groups (broad SMARTS) is 1. The number of aromatic nitrogens is 1. The summed E-state index contributed by atoms with van der Waals surface area (Å²) in [5, 5.41) is 28.1. The molecular weight excluding hydrogens is 342 g/mol. The molecule has 0 saturated heterocycles. The van der Waals surface area contributed by atoms with Gasteiger partial charge in [0, 0.05) is 31.7 Å². The number of hydrogen-bond donors (Lipinski definition) is 6. The Balaban J connectivity index is 2.85. The lowest BCUT2D eigenvalue weighted by molar-refractivity contribution is -0.703. The van der Waals surface area contributed by atoms with E-state index in [1.54, 1.807) is 6.20 Å². The molecule has 0 spiro atoms. The molecule has 0 saturated carbocycles. The molecule has 0 bridgehead atoms. The second kappa shape index (κ2) is 8.68. The molecule has 133 valence electrons. The molecule has 10 nitrogen and oxygen atoms in total. The maximum atomic E-state index is 11.3. The Bertz CT molecular complexity index is 612. The van der Waals surface area contributed by atoms with Crippen LogP contribution in [0.2, 0.25) is 0 Å². The number of pyridine rings is 1. The fourth-order valence-electron chi connectivity index (χ4n) is 1.96. The smallest absolute Gasteiger partial charge is 0.395 e. The van der Waals surface area contributed by atoms with E-state index in [9.17, 15) is 19.6 Å². The molecule has 1 heterocycles. The van der Waals surface area contributed by atoms with Crippen LogP contribution in [0, 0.1) is 0 Å². The average molecular weight is 362 g/mol. The molecule has 12 heteroatoms. The van der Waals surface area contributed by atoms with Crippen molar-refractivity contribution >= 4 is 21.2 Å². The standard InChI is InChI=1S/C12H19BN2O8P/c1-23-13-14-6-10(16)8-15-4-2-3-9(7-15)5-12(19,11(17)18)24(20,21)22/h2-4,7,10,14,16,19H,5-6,8H2,1H3,(H2-,17,18,20,21,22)/p+1. The topological polar surface area (TPSA) is 160 Å². The largest absolute Gasteiger partial charge is 0.479 e. The molecule has 0 fully saturated rings. The minimum atomic E-state index is -5.30. The van der Waals surface area contributed by atoms with Crippen molar-refractivity contribution in [1.82, 2.24) is 5.23 Å². The van der Waals surface area contributed by atoms with Crippen molar-refractivity contribution in [2.45, 2.75) is 24.4 Å². The summed E-state index contributed by atoms with van der Waals surface area (Å²) in [6, 6.07) is 2.93. The first-order valence-electron chi connectivity index (χ1n) is 6.85. The van der Waals surface area contributed by atoms with Crippen LogP contribution in [0.25, 0.3) is 0 Å². The number of aliphatic hydroxyl groups excluding tert-OH is 1. The van der Waals surface area contributed by atoms with Gasteiger partial charge >= 0.3 is 21.2 Å². The van der Waals surface area contributed by atoms with E-state index in [-0.39, 0.29) is 18.7 Å². The van der Waals surface area contributed by atoms with Crippen molar-refractivity contribution in [3.05, 3.63) is 30.1 Å². The summed E-state index contributed by atoms with van der Waals surface area (Å²) in [7, 11) is -2.55. The predicted molar refractivity (Wildman–Crippen MR) is 81.7 cm³/mol. The van der Waals surface area contributed by atoms with Crippen LogP contribution in [0.4, 0.5) is 0 Å². The number of hydrogen-bond acceptors (Lipinski definition) is 6. The number of carboxylic acids is 1. The quantitative estimate of drug-likeness (QED) is 0.115. The summed E-state index contributed by atoms with van der Waals surface area (Å²) in [5.74, 6) is -2.01. The normalized spacial score (nSPS) is 15.5. The summed E-state index contributed by atoms with van der Waals surface area (Å²) in [6.07, 6.45) is 1.41. The van der Waals surface area contributed by atoms with Crippen molar-refractivity contribution < 1.29 is 43.7 Å². The summed E-state index contributed by atoms with van der Waals surface area (Å²) in [5.41, 5.74) is 0.189. The Morgan fingerprint density at radius 3 is 2.75 bits per heavy atom. The van der Waals surface area contributed by atoms with Crippen LogP contribution >= 0.6 is 7.60 Å². The lowest BCUT2D eigenvalue weighted by Gasteiger charge is -2.23. The first-order chi connectivity index (χ1) is 11.1. The van der Waals surface area contributed by atoms with Gasteiger partial charge in [0.05, 0.1) is 0 Å². The van der Waals surface area contributed by atoms with Gasteiger partial charge in [-0.2, -0.15) is 0 Å². The van der Waals surface area contributed by atoms with Crippen molar-refractivity contribution in [2.24, 2.45) is 0 Å². The Hall–Kier alpha value is -1.33. The van der Waals surface area contributed by atoms with Gasteiger partial charge in [-0.05, 0) is 6.07 Å². The fourth-order valence-corrected chi connectivity index (χ4v) is 2.60. The molecule has 1 radical (unpaired) electrons. The van der Waals surface area contributed by atoms with Crippen LogP contribution in [0.5, 0.6) is 0 Å². The lowest BCUT2D eigenvalue weighted by atomic mass is 10.1. The third-order valence-corrected chi connectivity index (χ3v) is 4.48. The molecule has 1 aromatic heterocycles. The van der Waals surface area contributed by atoms with Crippen LogP contribution in [0.15, 0.2) is 24.5 Å². The summed E-state index contributed by atoms with van der Waals surface area (Å²) >= 11 is 0. The maximum absolute atomic E-state index is 11.3. The number of aliphatic carboxylic acids is 1. The molecule has 1 rings (SSSR count). The Kier molecular flexibility index (Phi) is 7.49. The van der Waals surface area contributed by atoms with Gasteiger partial charge in [0.15, 0.2) is 18.9 Å². The van der Waals surface area contributed by atoms with E-state index in [0.717, 1.165) is 0 Å². The van der Waals surface area contributed by atoms with Gasteiger partial charge in [-0.3, -0.25) is 4.57 Å². The van der Waals surface area contributed by atoms with Crippen LogP contribution in [0.3, 0.4) is 0 Å². The molecule has 2 unspecified atom stereocenters. The second-order valence-electron chi connectivity index (χ2n) is 5.17. The van der Waals surface area contributed by atoms with E-state index in [1.165, 1.54) is 37.6 Å². The van der Waals surface area contributed by atoms with E-state index in [1.807, 2.05) is 0 Å². The van der Waals surface area contributed by atoms with E-state index in [2.05, 4.69) is 9.88 Å². The fraction of sp³-hybridized carbons (Fsp3) is 0.500. The zero-order valence-corrected chi connectivity index (χ0v) is 13.8. The highest BCUT2D eigenvalue weighted by Gasteiger charge is 2.53. The molecule has 0 aliphatic rings. The summed E-state index contributed by atoms with van der Waals surface area (Å²) < 4.78 is 17.5. The van der Waals surface area contributed by atoms with Crippen molar-refractivity contribution in [3.63, 3.8) is 0 Å². The second-order valence-corrected chi connectivity index (χ2v) is 7.00. The van der Waals surface area contributed by atoms with Gasteiger partial charge in [-0.1, -0.05) is 0 Å². The van der Waals surface area contributed by atoms with Crippen molar-refractivity contribution in [3.8, 4) is 0 Å². The minimum absolute atomic E-state index is 0.139. The zero-order valence-electron chi connectivity index (χ0n) is 12.9. The molecule has 0 amide bonds. The summed E-state index contributed by atoms with van der Waals surface area (Å²) in [6.45, 7) is 0.340. The molecule has 0 aromatic carbocycles. The van der Waals surface area contributed by atoms with E-state index >= 15 is 0 Å². The predicted octanol–water partition coefficient (Wildman–Crippen LogP) is -2.40. The minimum Gasteiger partial charge on any atom is -0.479 e. The highest BCUT2D eigenvalue weighted by Crippen LogP contribution is 2.50. The van der Waals surface area contributed by atoms with Gasteiger partial charge in [0.1, 0.15) is 6.10 Å². The van der Waals surface area contributed by atoms with Gasteiger partial charge in [-0.15, -0.1) is 0 Å². The molecule has 2 atom stereocenters. The van der Waals surface area contributed by atoms with Crippen LogP contribution in [0.1, 0.15) is 5.56 Å². The van der Waals surface area contributed by atoms with E-state index in [4.69, 9.17) is 14.9 Å². The van der Waals surface area contributed by atoms with E-state index in [0.29, 0.717) is 0 Å². The van der Waals surface area contributed by atoms with Crippen LogP contribution < -0.4 is 9.79 Å². The third-order valence-electron chi connectivity index (χ3n) is 3.17. The van der Waals surface area contributed by atoms with Crippen molar-refractivity contribution in [2.75, 3.05) is 13.7 Å². The molecule has 0 aliphatic heterocycles. The highest BCUT2D eigenvalue weighted by molar-refractivity contribution is 7.54. The first-order valence-corrected chi connectivity index (χ1v) is 8.46. The van der Waals surface area contributed by atoms with Crippen LogP contribution in [-0.2, 0) is 27.0 Å². The van der Waals surface area contributed by atoms with Gasteiger partial charge in [0.25, 0.3) is 5.34 Å². The average Bonchev–Trinajstić information content (AvgIpc) is 2.46. The Labute approximate surface area is 139 Å². The van der Waals surface area contributed by atoms with Gasteiger partial charge in [-0.25, -0.2) is 9.36 Å². The number of rotatable bonds is 10. The number of nitrogens with zero attached hydrogens (tertiary/aromatic N) is 1. The zero-order chi connectivity index (χ0) is 18.4. The van der Waals surface area contributed by atoms with Gasteiger partial charge in [0.2, 0.25) is 0 Å². The maximum Gasteiger partial charge on any atom is 0.395 e. The number of nitrogens with one attached hydrogen (secondary N) is 1. The SMILES string of the molecule is CO[B]NCC(O)C[n+]1cccc(CC(O)(C(=O)O)P(=O)(O)O)c1. The number of aliphatic hydroxyl groups is 2. The Morgan fingerprint density at radius 1 is 1.54 bits per heavy atom. The summed E-state index contributed by atoms with van der Waals surface area (Å²) in [4.78, 5) is 29.3. The van der Waals surface area contributed by atoms with E-state index < -0.39 is 31.4 Å². The first kappa shape index (κ1) is 20.7. The third kappa shape index (κ3) is 5.64. The molecule has 24 heavy (non-hydrogen) atoms. The molecule has 6 N–H and O–H groups in total. The highest BCUT2D eigenvalue weighted by atomic mass is 31.2. The monoisotopic (exact) mass is 362 g/mol. The molecule has 1 aromatic rings. The van der Waals surface area contributed by atoms with Crippen molar-refractivity contribution in [1.29, 1.82) is 0 Å². The Morgan fingerprint density at radius 2 is 2.21 bits per heavy atom. The van der Waals surface area contributed by atoms with Gasteiger partial charge < -0.3 is 35.0 Å². The lowest BCUT2D eigenvalue weighted by Crippen LogP contribution is -2.45. The van der Waals surface area contributed by atoms with Crippen LogP contribution in [-0.4, -0.2) is 63.8 Å².